The van der Waals surface area contributed by atoms with Gasteiger partial charge in [0, 0.05) is 6.07 Å². The van der Waals surface area contributed by atoms with Crippen molar-refractivity contribution in [3.8, 4) is 0 Å². The van der Waals surface area contributed by atoms with Gasteiger partial charge in [0.1, 0.15) is 11.4 Å². The van der Waals surface area contributed by atoms with Gasteiger partial charge >= 0.3 is 0 Å². The summed E-state index contributed by atoms with van der Waals surface area (Å²) >= 11 is 0. The van der Waals surface area contributed by atoms with Crippen molar-refractivity contribution in [2.75, 3.05) is 0 Å². The second-order valence-electron chi connectivity index (χ2n) is 3.64. The van der Waals surface area contributed by atoms with Gasteiger partial charge in [-0.2, -0.15) is 0 Å². The first-order valence-electron chi connectivity index (χ1n) is 4.15. The van der Waals surface area contributed by atoms with E-state index in [0.717, 1.165) is 13.8 Å². The molecule has 1 aromatic rings. The number of Topliss-reactive ketones (excluding diaryl/α,β-unsaturated/α-hetero) is 1. The van der Waals surface area contributed by atoms with Gasteiger partial charge < -0.3 is 5.11 Å². The predicted molar refractivity (Wildman–Crippen MR) is 46.9 cm³/mol. The van der Waals surface area contributed by atoms with E-state index < -0.39 is 34.4 Å². The van der Waals surface area contributed by atoms with E-state index in [1.165, 1.54) is 0 Å². The van der Waals surface area contributed by atoms with E-state index in [-0.39, 0.29) is 0 Å². The minimum Gasteiger partial charge on any atom is -0.382 e. The zero-order valence-electron chi connectivity index (χ0n) is 8.14. The van der Waals surface area contributed by atoms with Gasteiger partial charge in [-0.05, 0) is 19.9 Å². The monoisotopic (exact) mass is 218 g/mol. The number of aliphatic hydroxyl groups is 1. The Balaban J connectivity index is 3.32. The number of hydrogen-bond donors (Lipinski definition) is 1. The molecule has 0 aliphatic carbocycles. The maximum atomic E-state index is 13.1. The fourth-order valence-corrected chi connectivity index (χ4v) is 1.05. The number of rotatable bonds is 2. The van der Waals surface area contributed by atoms with E-state index in [2.05, 4.69) is 0 Å². The smallest absolute Gasteiger partial charge is 0.196 e. The van der Waals surface area contributed by atoms with Gasteiger partial charge in [-0.3, -0.25) is 4.79 Å². The van der Waals surface area contributed by atoms with Crippen molar-refractivity contribution in [2.45, 2.75) is 19.4 Å². The molecule has 0 saturated heterocycles. The second-order valence-corrected chi connectivity index (χ2v) is 3.64. The van der Waals surface area contributed by atoms with Crippen LogP contribution in [0.15, 0.2) is 12.1 Å². The van der Waals surface area contributed by atoms with Crippen LogP contribution < -0.4 is 0 Å². The molecule has 0 unspecified atom stereocenters. The SMILES string of the molecule is CC(C)(O)C(=O)c1cc(F)cc(F)c1F. The lowest BCUT2D eigenvalue weighted by Gasteiger charge is -2.15. The summed E-state index contributed by atoms with van der Waals surface area (Å²) in [6, 6.07) is 0.884. The lowest BCUT2D eigenvalue weighted by Crippen LogP contribution is -2.32. The maximum Gasteiger partial charge on any atom is 0.196 e. The van der Waals surface area contributed by atoms with Crippen molar-refractivity contribution < 1.29 is 23.1 Å². The Kier molecular flexibility index (Phi) is 2.86. The molecule has 0 radical (unpaired) electrons. The second kappa shape index (κ2) is 3.66. The molecule has 0 aliphatic rings. The Morgan fingerprint density at radius 2 is 1.80 bits per heavy atom. The van der Waals surface area contributed by atoms with Gasteiger partial charge in [-0.25, -0.2) is 13.2 Å². The topological polar surface area (TPSA) is 37.3 Å². The molecule has 0 fully saturated rings. The molecule has 1 rings (SSSR count). The fraction of sp³-hybridized carbons (Fsp3) is 0.300. The standard InChI is InChI=1S/C10H9F3O2/c1-10(2,15)9(14)6-3-5(11)4-7(12)8(6)13/h3-4,15H,1-2H3. The Hall–Kier alpha value is -1.36. The van der Waals surface area contributed by atoms with E-state index in [0.29, 0.717) is 12.1 Å². The lowest BCUT2D eigenvalue weighted by molar-refractivity contribution is 0.0482. The van der Waals surface area contributed by atoms with Crippen LogP contribution in [-0.4, -0.2) is 16.5 Å². The largest absolute Gasteiger partial charge is 0.382 e. The first-order chi connectivity index (χ1) is 6.73. The number of benzene rings is 1. The Bertz CT molecular complexity index is 408. The highest BCUT2D eigenvalue weighted by Gasteiger charge is 2.29. The minimum atomic E-state index is -1.87. The Morgan fingerprint density at radius 3 is 2.27 bits per heavy atom. The first kappa shape index (κ1) is 11.7. The first-order valence-corrected chi connectivity index (χ1v) is 4.15. The van der Waals surface area contributed by atoms with Crippen molar-refractivity contribution in [3.05, 3.63) is 35.1 Å². The van der Waals surface area contributed by atoms with E-state index in [1.54, 1.807) is 0 Å². The highest BCUT2D eigenvalue weighted by molar-refractivity contribution is 6.01. The van der Waals surface area contributed by atoms with Crippen molar-refractivity contribution >= 4 is 5.78 Å². The van der Waals surface area contributed by atoms with Gasteiger partial charge in [0.2, 0.25) is 0 Å². The number of halogens is 3. The normalized spacial score (nSPS) is 11.6. The third-order valence-electron chi connectivity index (χ3n) is 1.79. The molecule has 0 amide bonds. The molecule has 0 heterocycles. The molecule has 0 atom stereocenters. The maximum absolute atomic E-state index is 13.1. The molecule has 0 spiro atoms. The van der Waals surface area contributed by atoms with Crippen LogP contribution in [0.3, 0.4) is 0 Å². The summed E-state index contributed by atoms with van der Waals surface area (Å²) in [5, 5.41) is 9.28. The summed E-state index contributed by atoms with van der Waals surface area (Å²) in [5.74, 6) is -5.05. The van der Waals surface area contributed by atoms with Gasteiger partial charge in [0.15, 0.2) is 17.4 Å². The summed E-state index contributed by atoms with van der Waals surface area (Å²) in [5.41, 5.74) is -2.67. The molecule has 1 N–H and O–H groups in total. The zero-order chi connectivity index (χ0) is 11.8. The number of carbonyl (C=O) groups excluding carboxylic acids is 1. The van der Waals surface area contributed by atoms with Crippen molar-refractivity contribution in [3.63, 3.8) is 0 Å². The van der Waals surface area contributed by atoms with Crippen LogP contribution in [0.5, 0.6) is 0 Å². The van der Waals surface area contributed by atoms with E-state index in [4.69, 9.17) is 0 Å². The van der Waals surface area contributed by atoms with Crippen LogP contribution in [0.25, 0.3) is 0 Å². The molecule has 0 aromatic heterocycles. The average molecular weight is 218 g/mol. The molecule has 5 heteroatoms. The zero-order valence-corrected chi connectivity index (χ0v) is 8.14. The third-order valence-corrected chi connectivity index (χ3v) is 1.79. The van der Waals surface area contributed by atoms with Crippen LogP contribution in [0.2, 0.25) is 0 Å². The predicted octanol–water partition coefficient (Wildman–Crippen LogP) is 2.06. The summed E-state index contributed by atoms with van der Waals surface area (Å²) in [6.45, 7) is 2.22. The van der Waals surface area contributed by atoms with Crippen LogP contribution in [0.4, 0.5) is 13.2 Å². The van der Waals surface area contributed by atoms with Gasteiger partial charge in [0.25, 0.3) is 0 Å². The Labute approximate surface area is 84.3 Å². The van der Waals surface area contributed by atoms with Crippen LogP contribution >= 0.6 is 0 Å². The average Bonchev–Trinajstić information content (AvgIpc) is 2.08. The molecule has 15 heavy (non-hydrogen) atoms. The number of hydrogen-bond acceptors (Lipinski definition) is 2. The molecule has 2 nitrogen and oxygen atoms in total. The van der Waals surface area contributed by atoms with E-state index in [9.17, 15) is 23.1 Å². The summed E-state index contributed by atoms with van der Waals surface area (Å²) in [4.78, 5) is 11.4. The third kappa shape index (κ3) is 2.36. The molecule has 0 aliphatic heterocycles. The van der Waals surface area contributed by atoms with Crippen LogP contribution in [0, 0.1) is 17.5 Å². The van der Waals surface area contributed by atoms with Gasteiger partial charge in [-0.15, -0.1) is 0 Å². The molecule has 82 valence electrons. The fourth-order valence-electron chi connectivity index (χ4n) is 1.05. The molecular formula is C10H9F3O2. The van der Waals surface area contributed by atoms with Crippen molar-refractivity contribution in [2.24, 2.45) is 0 Å². The molecule has 1 aromatic carbocycles. The Morgan fingerprint density at radius 1 is 1.27 bits per heavy atom. The number of ketones is 1. The minimum absolute atomic E-state index is 0.330. The van der Waals surface area contributed by atoms with Crippen molar-refractivity contribution in [1.29, 1.82) is 0 Å². The van der Waals surface area contributed by atoms with Crippen LogP contribution in [-0.2, 0) is 0 Å². The quantitative estimate of drug-likeness (QED) is 0.609. The van der Waals surface area contributed by atoms with Gasteiger partial charge in [0.05, 0.1) is 5.56 Å². The molecular weight excluding hydrogens is 209 g/mol. The van der Waals surface area contributed by atoms with E-state index >= 15 is 0 Å². The van der Waals surface area contributed by atoms with E-state index in [1.807, 2.05) is 0 Å². The van der Waals surface area contributed by atoms with Gasteiger partial charge in [-0.1, -0.05) is 0 Å². The highest BCUT2D eigenvalue weighted by Crippen LogP contribution is 2.19. The summed E-state index contributed by atoms with van der Waals surface area (Å²) in [7, 11) is 0. The lowest BCUT2D eigenvalue weighted by atomic mass is 9.96. The highest BCUT2D eigenvalue weighted by atomic mass is 19.2. The van der Waals surface area contributed by atoms with Crippen LogP contribution in [0.1, 0.15) is 24.2 Å². The summed E-state index contributed by atoms with van der Waals surface area (Å²) in [6.07, 6.45) is 0. The van der Waals surface area contributed by atoms with Crippen molar-refractivity contribution in [1.82, 2.24) is 0 Å². The molecule has 0 bridgehead atoms. The number of carbonyl (C=O) groups is 1. The summed E-state index contributed by atoms with van der Waals surface area (Å²) < 4.78 is 38.5. The molecule has 0 saturated carbocycles.